The van der Waals surface area contributed by atoms with E-state index in [1.165, 1.54) is 17.0 Å². The molecule has 0 aliphatic heterocycles. The first-order valence-corrected chi connectivity index (χ1v) is 8.03. The maximum absolute atomic E-state index is 13.8. The van der Waals surface area contributed by atoms with E-state index in [1.807, 2.05) is 0 Å². The smallest absolute Gasteiger partial charge is 0.177 e. The van der Waals surface area contributed by atoms with Crippen LogP contribution >= 0.6 is 0 Å². The third kappa shape index (κ3) is 2.85. The molecule has 8 heteroatoms. The summed E-state index contributed by atoms with van der Waals surface area (Å²) in [6, 6.07) is 5.03. The standard InChI is InChI=1S/C18H15FN6O/c1-11(13-3-2-4-15(13)19)18-20-10-16(22-23-18)14-6-5-12(9-17(14)26)25-8-7-21-24-25/h2,4-10,13,15,26H,1,3H2/t13-,15+/m1/s1. The van der Waals surface area contributed by atoms with Crippen LogP contribution in [-0.2, 0) is 0 Å². The minimum atomic E-state index is -1.07. The van der Waals surface area contributed by atoms with Gasteiger partial charge in [0.15, 0.2) is 5.82 Å². The molecule has 1 N–H and O–H groups in total. The minimum Gasteiger partial charge on any atom is -0.507 e. The topological polar surface area (TPSA) is 89.6 Å². The molecule has 0 spiro atoms. The molecule has 1 aliphatic rings. The van der Waals surface area contributed by atoms with Crippen LogP contribution in [0.15, 0.2) is 55.5 Å². The van der Waals surface area contributed by atoms with Crippen molar-refractivity contribution in [3.8, 4) is 22.7 Å². The van der Waals surface area contributed by atoms with Crippen LogP contribution in [0.25, 0.3) is 22.5 Å². The summed E-state index contributed by atoms with van der Waals surface area (Å²) in [5, 5.41) is 26.1. The fourth-order valence-electron chi connectivity index (χ4n) is 2.89. The first-order chi connectivity index (χ1) is 12.6. The number of phenolic OH excluding ortho intramolecular Hbond substituents is 1. The van der Waals surface area contributed by atoms with E-state index >= 15 is 0 Å². The molecule has 2 aromatic heterocycles. The highest BCUT2D eigenvalue weighted by Gasteiger charge is 2.27. The summed E-state index contributed by atoms with van der Waals surface area (Å²) in [7, 11) is 0. The molecule has 4 rings (SSSR count). The Labute approximate surface area is 148 Å². The maximum atomic E-state index is 13.8. The monoisotopic (exact) mass is 350 g/mol. The Hall–Kier alpha value is -3.42. The molecule has 0 bridgehead atoms. The molecule has 0 saturated carbocycles. The summed E-state index contributed by atoms with van der Waals surface area (Å²) in [6.45, 7) is 3.91. The lowest BCUT2D eigenvalue weighted by molar-refractivity contribution is 0.346. The van der Waals surface area contributed by atoms with E-state index in [9.17, 15) is 9.50 Å². The van der Waals surface area contributed by atoms with E-state index in [0.29, 0.717) is 34.8 Å². The van der Waals surface area contributed by atoms with Crippen LogP contribution in [0.2, 0.25) is 0 Å². The fourth-order valence-corrected chi connectivity index (χ4v) is 2.89. The molecule has 2 atom stereocenters. The van der Waals surface area contributed by atoms with Crippen molar-refractivity contribution in [2.24, 2.45) is 5.92 Å². The van der Waals surface area contributed by atoms with Crippen LogP contribution in [0.3, 0.4) is 0 Å². The molecule has 1 aliphatic carbocycles. The third-order valence-corrected chi connectivity index (χ3v) is 4.34. The Bertz CT molecular complexity index is 968. The third-order valence-electron chi connectivity index (χ3n) is 4.34. The Morgan fingerprint density at radius 1 is 1.31 bits per heavy atom. The molecule has 0 unspecified atom stereocenters. The first kappa shape index (κ1) is 16.1. The van der Waals surface area contributed by atoms with Gasteiger partial charge in [-0.25, -0.2) is 14.1 Å². The Kier molecular flexibility index (Phi) is 4.00. The Morgan fingerprint density at radius 3 is 2.81 bits per heavy atom. The number of hydrogen-bond acceptors (Lipinski definition) is 6. The van der Waals surface area contributed by atoms with Crippen LogP contribution in [0.1, 0.15) is 12.2 Å². The molecular formula is C18H15FN6O. The van der Waals surface area contributed by atoms with Crippen molar-refractivity contribution in [3.05, 3.63) is 61.3 Å². The second-order valence-electron chi connectivity index (χ2n) is 5.96. The zero-order valence-electron chi connectivity index (χ0n) is 13.7. The number of allylic oxidation sites excluding steroid dienone is 3. The lowest BCUT2D eigenvalue weighted by Crippen LogP contribution is -2.12. The van der Waals surface area contributed by atoms with Gasteiger partial charge in [-0.2, -0.15) is 0 Å². The zero-order valence-corrected chi connectivity index (χ0v) is 13.7. The number of nitrogens with zero attached hydrogens (tertiary/aromatic N) is 6. The predicted molar refractivity (Wildman–Crippen MR) is 93.0 cm³/mol. The highest BCUT2D eigenvalue weighted by molar-refractivity contribution is 5.68. The average Bonchev–Trinajstić information content (AvgIpc) is 3.33. The van der Waals surface area contributed by atoms with E-state index < -0.39 is 6.17 Å². The van der Waals surface area contributed by atoms with Crippen molar-refractivity contribution in [1.82, 2.24) is 30.2 Å². The van der Waals surface area contributed by atoms with Crippen LogP contribution in [0, 0.1) is 5.92 Å². The number of rotatable bonds is 4. The van der Waals surface area contributed by atoms with E-state index in [4.69, 9.17) is 0 Å². The highest BCUT2D eigenvalue weighted by Crippen LogP contribution is 2.33. The number of hydrogen-bond donors (Lipinski definition) is 1. The normalized spacial score (nSPS) is 19.0. The average molecular weight is 350 g/mol. The lowest BCUT2D eigenvalue weighted by Gasteiger charge is -2.14. The van der Waals surface area contributed by atoms with Gasteiger partial charge in [0.25, 0.3) is 0 Å². The quantitative estimate of drug-likeness (QED) is 0.728. The van der Waals surface area contributed by atoms with Crippen LogP contribution in [0.5, 0.6) is 5.75 Å². The van der Waals surface area contributed by atoms with Gasteiger partial charge in [0.2, 0.25) is 0 Å². The number of halogens is 1. The molecule has 3 aromatic rings. The number of benzene rings is 1. The van der Waals surface area contributed by atoms with Crippen molar-refractivity contribution in [3.63, 3.8) is 0 Å². The van der Waals surface area contributed by atoms with Crippen LogP contribution < -0.4 is 0 Å². The number of aromatic nitrogens is 6. The zero-order chi connectivity index (χ0) is 18.1. The molecule has 0 saturated heterocycles. The summed E-state index contributed by atoms with van der Waals surface area (Å²) in [4.78, 5) is 4.24. The van der Waals surface area contributed by atoms with Gasteiger partial charge in [-0.3, -0.25) is 0 Å². The summed E-state index contributed by atoms with van der Waals surface area (Å²) in [5.41, 5.74) is 2.08. The highest BCUT2D eigenvalue weighted by atomic mass is 19.1. The van der Waals surface area contributed by atoms with Crippen LogP contribution in [0.4, 0.5) is 4.39 Å². The van der Waals surface area contributed by atoms with Crippen LogP contribution in [-0.4, -0.2) is 41.5 Å². The predicted octanol–water partition coefficient (Wildman–Crippen LogP) is 2.75. The van der Waals surface area contributed by atoms with Gasteiger partial charge < -0.3 is 5.11 Å². The SMILES string of the molecule is C=C(c1ncc(-c2ccc(-n3ccnn3)cc2O)nn1)[C@H]1CC=C[C@@H]1F. The largest absolute Gasteiger partial charge is 0.507 e. The van der Waals surface area contributed by atoms with Crippen molar-refractivity contribution in [1.29, 1.82) is 0 Å². The molecule has 0 radical (unpaired) electrons. The maximum Gasteiger partial charge on any atom is 0.177 e. The van der Waals surface area contributed by atoms with Gasteiger partial charge in [0.1, 0.15) is 17.6 Å². The van der Waals surface area contributed by atoms with Gasteiger partial charge in [-0.1, -0.05) is 23.9 Å². The molecule has 0 fully saturated rings. The number of alkyl halides is 1. The van der Waals surface area contributed by atoms with Gasteiger partial charge in [-0.05, 0) is 24.1 Å². The molecule has 1 aromatic carbocycles. The van der Waals surface area contributed by atoms with Gasteiger partial charge in [-0.15, -0.1) is 15.3 Å². The Morgan fingerprint density at radius 2 is 2.19 bits per heavy atom. The van der Waals surface area contributed by atoms with E-state index in [1.54, 1.807) is 36.7 Å². The molecule has 2 heterocycles. The van der Waals surface area contributed by atoms with E-state index in [2.05, 4.69) is 32.1 Å². The molecule has 26 heavy (non-hydrogen) atoms. The molecule has 7 nitrogen and oxygen atoms in total. The van der Waals surface area contributed by atoms with E-state index in [0.717, 1.165) is 0 Å². The second kappa shape index (κ2) is 6.47. The van der Waals surface area contributed by atoms with Gasteiger partial charge in [0, 0.05) is 17.5 Å². The summed E-state index contributed by atoms with van der Waals surface area (Å²) >= 11 is 0. The van der Waals surface area contributed by atoms with Crippen molar-refractivity contribution in [2.45, 2.75) is 12.6 Å². The molecular weight excluding hydrogens is 335 g/mol. The second-order valence-corrected chi connectivity index (χ2v) is 5.96. The van der Waals surface area contributed by atoms with Gasteiger partial charge >= 0.3 is 0 Å². The lowest BCUT2D eigenvalue weighted by atomic mass is 9.96. The summed E-state index contributed by atoms with van der Waals surface area (Å²) in [6.07, 6.45) is 7.53. The van der Waals surface area contributed by atoms with Gasteiger partial charge in [0.05, 0.1) is 24.3 Å². The van der Waals surface area contributed by atoms with Crippen molar-refractivity contribution in [2.75, 3.05) is 0 Å². The van der Waals surface area contributed by atoms with E-state index in [-0.39, 0.29) is 11.7 Å². The summed E-state index contributed by atoms with van der Waals surface area (Å²) < 4.78 is 15.3. The molecule has 130 valence electrons. The number of aromatic hydroxyl groups is 1. The Balaban J connectivity index is 1.58. The molecule has 0 amide bonds. The minimum absolute atomic E-state index is 0.0180. The van der Waals surface area contributed by atoms with Crippen molar-refractivity contribution < 1.29 is 9.50 Å². The first-order valence-electron chi connectivity index (χ1n) is 8.03. The van der Waals surface area contributed by atoms with Crippen molar-refractivity contribution >= 4 is 5.57 Å². The fraction of sp³-hybridized carbons (Fsp3) is 0.167. The number of phenols is 1. The summed E-state index contributed by atoms with van der Waals surface area (Å²) in [5.74, 6) is -0.0219.